The third-order valence-electron chi connectivity index (χ3n) is 2.93. The zero-order chi connectivity index (χ0) is 12.4. The minimum atomic E-state index is 0.461. The van der Waals surface area contributed by atoms with E-state index >= 15 is 0 Å². The Morgan fingerprint density at radius 3 is 2.33 bits per heavy atom. The molecule has 0 aromatic heterocycles. The van der Waals surface area contributed by atoms with Crippen LogP contribution < -0.4 is 0 Å². The van der Waals surface area contributed by atoms with Crippen LogP contribution >= 0.6 is 0 Å². The van der Waals surface area contributed by atoms with Crippen molar-refractivity contribution in [2.24, 2.45) is 4.99 Å². The number of fused-ring (bicyclic) bond motifs is 2. The fourth-order valence-corrected chi connectivity index (χ4v) is 2.03. The van der Waals surface area contributed by atoms with E-state index in [9.17, 15) is 5.26 Å². The van der Waals surface area contributed by atoms with Gasteiger partial charge in [0.15, 0.2) is 0 Å². The molecular formula is C16H10N2. The summed E-state index contributed by atoms with van der Waals surface area (Å²) in [7, 11) is 0. The summed E-state index contributed by atoms with van der Waals surface area (Å²) in [6.07, 6.45) is 4.06. The maximum Gasteiger partial charge on any atom is 0.148 e. The van der Waals surface area contributed by atoms with Crippen molar-refractivity contribution >= 4 is 23.6 Å². The molecule has 0 spiro atoms. The zero-order valence-corrected chi connectivity index (χ0v) is 9.67. The van der Waals surface area contributed by atoms with Gasteiger partial charge in [0.2, 0.25) is 0 Å². The number of nitriles is 1. The third-order valence-corrected chi connectivity index (χ3v) is 2.93. The molecule has 84 valence electrons. The van der Waals surface area contributed by atoms with E-state index in [1.165, 1.54) is 0 Å². The molecule has 18 heavy (non-hydrogen) atoms. The summed E-state index contributed by atoms with van der Waals surface area (Å²) in [5.41, 5.74) is 4.22. The Hall–Kier alpha value is -2.66. The molecule has 1 aliphatic rings. The summed E-state index contributed by atoms with van der Waals surface area (Å²) >= 11 is 0. The predicted octanol–water partition coefficient (Wildman–Crippen LogP) is 3.81. The van der Waals surface area contributed by atoms with E-state index in [1.807, 2.05) is 60.7 Å². The molecule has 0 saturated carbocycles. The van der Waals surface area contributed by atoms with Crippen LogP contribution in [0.4, 0.5) is 5.69 Å². The first kappa shape index (κ1) is 10.5. The van der Waals surface area contributed by atoms with Crippen LogP contribution in [-0.4, -0.2) is 5.71 Å². The fourth-order valence-electron chi connectivity index (χ4n) is 2.03. The molecule has 0 saturated heterocycles. The summed E-state index contributed by atoms with van der Waals surface area (Å²) < 4.78 is 0. The van der Waals surface area contributed by atoms with Gasteiger partial charge in [-0.25, -0.2) is 4.99 Å². The Morgan fingerprint density at radius 1 is 0.833 bits per heavy atom. The monoisotopic (exact) mass is 230 g/mol. The van der Waals surface area contributed by atoms with E-state index in [1.54, 1.807) is 0 Å². The number of nitrogens with zero attached hydrogens (tertiary/aromatic N) is 2. The molecule has 0 aliphatic carbocycles. The molecule has 2 heteroatoms. The van der Waals surface area contributed by atoms with Crippen LogP contribution in [-0.2, 0) is 0 Å². The quantitative estimate of drug-likeness (QED) is 0.677. The van der Waals surface area contributed by atoms with Gasteiger partial charge >= 0.3 is 0 Å². The minimum Gasteiger partial charge on any atom is -0.236 e. The molecule has 0 N–H and O–H groups in total. The lowest BCUT2D eigenvalue weighted by Gasteiger charge is -2.09. The molecular weight excluding hydrogens is 220 g/mol. The lowest BCUT2D eigenvalue weighted by molar-refractivity contribution is 1.45. The SMILES string of the molecule is N#CC1=Nc2ccccc2C=Cc2ccccc21. The van der Waals surface area contributed by atoms with Crippen molar-refractivity contribution in [1.29, 1.82) is 5.26 Å². The lowest BCUT2D eigenvalue weighted by Crippen LogP contribution is -2.01. The Labute approximate surface area is 106 Å². The van der Waals surface area contributed by atoms with Crippen LogP contribution in [0.2, 0.25) is 0 Å². The van der Waals surface area contributed by atoms with E-state index in [0.29, 0.717) is 5.71 Å². The second kappa shape index (κ2) is 4.31. The van der Waals surface area contributed by atoms with Crippen molar-refractivity contribution in [3.8, 4) is 6.07 Å². The average Bonchev–Trinajstić information content (AvgIpc) is 2.41. The standard InChI is InChI=1S/C16H10N2/c17-11-16-14-7-3-1-5-12(14)9-10-13-6-2-4-8-15(13)18-16/h1-10H. The third kappa shape index (κ3) is 1.72. The first-order valence-corrected chi connectivity index (χ1v) is 5.74. The van der Waals surface area contributed by atoms with Gasteiger partial charge in [-0.1, -0.05) is 54.6 Å². The normalized spacial score (nSPS) is 12.5. The summed E-state index contributed by atoms with van der Waals surface area (Å²) in [5, 5.41) is 9.28. The van der Waals surface area contributed by atoms with Crippen LogP contribution in [0.1, 0.15) is 16.7 Å². The topological polar surface area (TPSA) is 36.1 Å². The van der Waals surface area contributed by atoms with Crippen LogP contribution in [0, 0.1) is 11.3 Å². The fraction of sp³-hybridized carbons (Fsp3) is 0. The van der Waals surface area contributed by atoms with Gasteiger partial charge in [0.25, 0.3) is 0 Å². The first-order valence-electron chi connectivity index (χ1n) is 5.74. The summed E-state index contributed by atoms with van der Waals surface area (Å²) in [5.74, 6) is 0. The minimum absolute atomic E-state index is 0.461. The summed E-state index contributed by atoms with van der Waals surface area (Å²) in [4.78, 5) is 4.46. The van der Waals surface area contributed by atoms with Crippen molar-refractivity contribution in [2.45, 2.75) is 0 Å². The van der Waals surface area contributed by atoms with E-state index in [2.05, 4.69) is 11.1 Å². The van der Waals surface area contributed by atoms with Gasteiger partial charge < -0.3 is 0 Å². The molecule has 0 fully saturated rings. The molecule has 1 aliphatic heterocycles. The second-order valence-electron chi connectivity index (χ2n) is 4.05. The number of rotatable bonds is 0. The van der Waals surface area contributed by atoms with Gasteiger partial charge in [-0.3, -0.25) is 0 Å². The Morgan fingerprint density at radius 2 is 1.50 bits per heavy atom. The average molecular weight is 230 g/mol. The molecule has 3 rings (SSSR count). The van der Waals surface area contributed by atoms with Gasteiger partial charge in [-0.2, -0.15) is 5.26 Å². The van der Waals surface area contributed by atoms with E-state index in [0.717, 1.165) is 22.4 Å². The number of benzene rings is 2. The zero-order valence-electron chi connectivity index (χ0n) is 9.67. The van der Waals surface area contributed by atoms with Crippen molar-refractivity contribution < 1.29 is 0 Å². The molecule has 2 aromatic carbocycles. The molecule has 0 atom stereocenters. The van der Waals surface area contributed by atoms with Crippen LogP contribution in [0.5, 0.6) is 0 Å². The van der Waals surface area contributed by atoms with Gasteiger partial charge in [0, 0.05) is 11.1 Å². The van der Waals surface area contributed by atoms with Crippen molar-refractivity contribution in [2.75, 3.05) is 0 Å². The van der Waals surface area contributed by atoms with E-state index < -0.39 is 0 Å². The maximum atomic E-state index is 9.28. The molecule has 0 amide bonds. The second-order valence-corrected chi connectivity index (χ2v) is 4.05. The number of aliphatic imine (C=N–C) groups is 1. The molecule has 2 aromatic rings. The molecule has 0 unspecified atom stereocenters. The van der Waals surface area contributed by atoms with E-state index in [4.69, 9.17) is 0 Å². The van der Waals surface area contributed by atoms with Crippen molar-refractivity contribution in [3.63, 3.8) is 0 Å². The highest BCUT2D eigenvalue weighted by atomic mass is 14.8. The van der Waals surface area contributed by atoms with Crippen LogP contribution in [0.25, 0.3) is 12.2 Å². The highest BCUT2D eigenvalue weighted by Gasteiger charge is 2.10. The predicted molar refractivity (Wildman–Crippen MR) is 73.6 cm³/mol. The van der Waals surface area contributed by atoms with Crippen molar-refractivity contribution in [3.05, 3.63) is 65.2 Å². The van der Waals surface area contributed by atoms with Gasteiger partial charge in [-0.05, 0) is 11.6 Å². The largest absolute Gasteiger partial charge is 0.236 e. The smallest absolute Gasteiger partial charge is 0.148 e. The number of hydrogen-bond acceptors (Lipinski definition) is 2. The lowest BCUT2D eigenvalue weighted by atomic mass is 10.00. The number of para-hydroxylation sites is 1. The molecule has 2 nitrogen and oxygen atoms in total. The van der Waals surface area contributed by atoms with Crippen molar-refractivity contribution in [1.82, 2.24) is 0 Å². The summed E-state index contributed by atoms with van der Waals surface area (Å²) in [6.45, 7) is 0. The van der Waals surface area contributed by atoms with Gasteiger partial charge in [0.05, 0.1) is 5.69 Å². The van der Waals surface area contributed by atoms with E-state index in [-0.39, 0.29) is 0 Å². The number of hydrogen-bond donors (Lipinski definition) is 0. The highest BCUT2D eigenvalue weighted by Crippen LogP contribution is 2.26. The Bertz CT molecular complexity index is 703. The first-order chi connectivity index (χ1) is 8.88. The Kier molecular flexibility index (Phi) is 2.51. The molecule has 1 heterocycles. The molecule has 0 bridgehead atoms. The summed E-state index contributed by atoms with van der Waals surface area (Å²) in [6, 6.07) is 17.8. The molecule has 0 radical (unpaired) electrons. The Balaban J connectivity index is 2.29. The van der Waals surface area contributed by atoms with Gasteiger partial charge in [0.1, 0.15) is 11.8 Å². The maximum absolute atomic E-state index is 9.28. The highest BCUT2D eigenvalue weighted by molar-refractivity contribution is 6.15. The van der Waals surface area contributed by atoms with Crippen LogP contribution in [0.3, 0.4) is 0 Å². The van der Waals surface area contributed by atoms with Crippen LogP contribution in [0.15, 0.2) is 53.5 Å². The van der Waals surface area contributed by atoms with Gasteiger partial charge in [-0.15, -0.1) is 0 Å².